The number of nitrogens with one attached hydrogen (secondary N) is 1. The second-order valence-corrected chi connectivity index (χ2v) is 7.06. The molecule has 2 aromatic rings. The van der Waals surface area contributed by atoms with E-state index in [1.807, 2.05) is 42.2 Å². The Morgan fingerprint density at radius 2 is 1.96 bits per heavy atom. The molecule has 136 valence electrons. The van der Waals surface area contributed by atoms with Gasteiger partial charge in [-0.05, 0) is 55.2 Å². The fourth-order valence-corrected chi connectivity index (χ4v) is 3.67. The van der Waals surface area contributed by atoms with E-state index in [0.717, 1.165) is 42.0 Å². The molecule has 0 aliphatic carbocycles. The predicted octanol–water partition coefficient (Wildman–Crippen LogP) is 4.79. The van der Waals surface area contributed by atoms with Gasteiger partial charge in [-0.15, -0.1) is 0 Å². The van der Waals surface area contributed by atoms with E-state index in [1.54, 1.807) is 6.07 Å². The largest absolute Gasteiger partial charge is 0.486 e. The lowest BCUT2D eigenvalue weighted by atomic mass is 10.0. The van der Waals surface area contributed by atoms with Gasteiger partial charge in [-0.3, -0.25) is 0 Å². The van der Waals surface area contributed by atoms with Gasteiger partial charge in [-0.25, -0.2) is 4.79 Å². The summed E-state index contributed by atoms with van der Waals surface area (Å²) in [7, 11) is 0. The number of benzene rings is 2. The van der Waals surface area contributed by atoms with Gasteiger partial charge >= 0.3 is 6.03 Å². The molecule has 2 aliphatic heterocycles. The van der Waals surface area contributed by atoms with Gasteiger partial charge in [0.1, 0.15) is 13.2 Å². The average molecular weight is 373 g/mol. The van der Waals surface area contributed by atoms with E-state index in [9.17, 15) is 4.79 Å². The molecule has 0 saturated carbocycles. The molecule has 26 heavy (non-hydrogen) atoms. The number of hydrogen-bond donors (Lipinski definition) is 1. The third-order valence-corrected chi connectivity index (χ3v) is 5.29. The second kappa shape index (κ2) is 7.08. The molecular formula is C20H21ClN2O3. The van der Waals surface area contributed by atoms with E-state index >= 15 is 0 Å². The van der Waals surface area contributed by atoms with Gasteiger partial charge in [0.2, 0.25) is 0 Å². The van der Waals surface area contributed by atoms with Crippen LogP contribution in [0, 0.1) is 6.92 Å². The van der Waals surface area contributed by atoms with Gasteiger partial charge < -0.3 is 19.7 Å². The maximum atomic E-state index is 12.8. The molecule has 2 aromatic carbocycles. The van der Waals surface area contributed by atoms with E-state index in [0.29, 0.717) is 23.9 Å². The van der Waals surface area contributed by atoms with Crippen LogP contribution in [0.1, 0.15) is 30.0 Å². The van der Waals surface area contributed by atoms with Crippen molar-refractivity contribution in [2.45, 2.75) is 25.8 Å². The molecule has 2 heterocycles. The highest BCUT2D eigenvalue weighted by molar-refractivity contribution is 6.31. The topological polar surface area (TPSA) is 50.8 Å². The van der Waals surface area contributed by atoms with Gasteiger partial charge in [0.25, 0.3) is 0 Å². The minimum Gasteiger partial charge on any atom is -0.486 e. The van der Waals surface area contributed by atoms with Gasteiger partial charge in [0.05, 0.1) is 6.04 Å². The van der Waals surface area contributed by atoms with Crippen LogP contribution in [-0.2, 0) is 0 Å². The molecule has 2 aliphatic rings. The first-order valence-electron chi connectivity index (χ1n) is 8.85. The summed E-state index contributed by atoms with van der Waals surface area (Å²) >= 11 is 6.16. The standard InChI is InChI=1S/C20H21ClN2O3/c1-13-4-6-15(12-16(13)21)22-20(24)23-8-2-3-17(23)14-5-7-18-19(11-14)26-10-9-25-18/h4-7,11-12,17H,2-3,8-10H2,1H3,(H,22,24). The van der Waals surface area contributed by atoms with Crippen molar-refractivity contribution >= 4 is 23.3 Å². The lowest BCUT2D eigenvalue weighted by molar-refractivity contribution is 0.170. The van der Waals surface area contributed by atoms with Crippen molar-refractivity contribution in [2.75, 3.05) is 25.1 Å². The Morgan fingerprint density at radius 1 is 1.15 bits per heavy atom. The fourth-order valence-electron chi connectivity index (χ4n) is 3.49. The summed E-state index contributed by atoms with van der Waals surface area (Å²) in [6.07, 6.45) is 1.91. The first kappa shape index (κ1) is 17.0. The summed E-state index contributed by atoms with van der Waals surface area (Å²) in [5, 5.41) is 3.61. The summed E-state index contributed by atoms with van der Waals surface area (Å²) < 4.78 is 11.3. The Morgan fingerprint density at radius 3 is 2.77 bits per heavy atom. The maximum Gasteiger partial charge on any atom is 0.322 e. The third kappa shape index (κ3) is 3.31. The number of rotatable bonds is 2. The molecule has 1 fully saturated rings. The molecule has 0 spiro atoms. The van der Waals surface area contributed by atoms with Gasteiger partial charge in [0.15, 0.2) is 11.5 Å². The first-order chi connectivity index (χ1) is 12.6. The van der Waals surface area contributed by atoms with Crippen molar-refractivity contribution in [1.82, 2.24) is 4.90 Å². The number of nitrogens with zero attached hydrogens (tertiary/aromatic N) is 1. The Bertz CT molecular complexity index is 840. The molecule has 5 nitrogen and oxygen atoms in total. The highest BCUT2D eigenvalue weighted by Gasteiger charge is 2.31. The van der Waals surface area contributed by atoms with Crippen LogP contribution in [0.5, 0.6) is 11.5 Å². The zero-order chi connectivity index (χ0) is 18.1. The first-order valence-corrected chi connectivity index (χ1v) is 9.23. The molecule has 1 saturated heterocycles. The number of anilines is 1. The van der Waals surface area contributed by atoms with E-state index in [-0.39, 0.29) is 12.1 Å². The zero-order valence-corrected chi connectivity index (χ0v) is 15.4. The fraction of sp³-hybridized carbons (Fsp3) is 0.350. The molecule has 4 rings (SSSR count). The van der Waals surface area contributed by atoms with E-state index < -0.39 is 0 Å². The Hall–Kier alpha value is -2.40. The second-order valence-electron chi connectivity index (χ2n) is 6.65. The summed E-state index contributed by atoms with van der Waals surface area (Å²) in [5.41, 5.74) is 2.77. The molecule has 0 bridgehead atoms. The van der Waals surface area contributed by atoms with E-state index in [2.05, 4.69) is 5.32 Å². The Balaban J connectivity index is 1.52. The SMILES string of the molecule is Cc1ccc(NC(=O)N2CCCC2c2ccc3c(c2)OCCO3)cc1Cl. The number of halogens is 1. The smallest absolute Gasteiger partial charge is 0.322 e. The number of urea groups is 1. The van der Waals surface area contributed by atoms with Crippen LogP contribution in [0.2, 0.25) is 5.02 Å². The molecule has 6 heteroatoms. The van der Waals surface area contributed by atoms with Gasteiger partial charge in [-0.2, -0.15) is 0 Å². The minimum absolute atomic E-state index is 0.0340. The van der Waals surface area contributed by atoms with Crippen LogP contribution in [0.3, 0.4) is 0 Å². The van der Waals surface area contributed by atoms with Crippen molar-refractivity contribution in [3.05, 3.63) is 52.5 Å². The average Bonchev–Trinajstić information content (AvgIpc) is 3.14. The molecule has 1 N–H and O–H groups in total. The Labute approximate surface area is 157 Å². The van der Waals surface area contributed by atoms with Crippen LogP contribution < -0.4 is 14.8 Å². The van der Waals surface area contributed by atoms with Crippen molar-refractivity contribution in [3.8, 4) is 11.5 Å². The summed E-state index contributed by atoms with van der Waals surface area (Å²) in [5.74, 6) is 1.52. The maximum absolute atomic E-state index is 12.8. The molecule has 0 radical (unpaired) electrons. The van der Waals surface area contributed by atoms with Crippen molar-refractivity contribution in [1.29, 1.82) is 0 Å². The highest BCUT2D eigenvalue weighted by Crippen LogP contribution is 2.38. The number of aryl methyl sites for hydroxylation is 1. The summed E-state index contributed by atoms with van der Waals surface area (Å²) in [6, 6.07) is 11.4. The minimum atomic E-state index is -0.109. The number of fused-ring (bicyclic) bond motifs is 1. The van der Waals surface area contributed by atoms with E-state index in [1.165, 1.54) is 0 Å². The normalized spacial score (nSPS) is 18.7. The predicted molar refractivity (Wildman–Crippen MR) is 101 cm³/mol. The molecule has 2 amide bonds. The van der Waals surface area contributed by atoms with Crippen LogP contribution in [-0.4, -0.2) is 30.7 Å². The number of carbonyl (C=O) groups is 1. The van der Waals surface area contributed by atoms with Crippen LogP contribution in [0.4, 0.5) is 10.5 Å². The van der Waals surface area contributed by atoms with Crippen LogP contribution in [0.25, 0.3) is 0 Å². The van der Waals surface area contributed by atoms with Crippen molar-refractivity contribution < 1.29 is 14.3 Å². The molecule has 1 unspecified atom stereocenters. The van der Waals surface area contributed by atoms with Gasteiger partial charge in [0, 0.05) is 17.3 Å². The van der Waals surface area contributed by atoms with E-state index in [4.69, 9.17) is 21.1 Å². The highest BCUT2D eigenvalue weighted by atomic mass is 35.5. The Kier molecular flexibility index (Phi) is 4.64. The third-order valence-electron chi connectivity index (χ3n) is 4.89. The lowest BCUT2D eigenvalue weighted by Crippen LogP contribution is -2.34. The lowest BCUT2D eigenvalue weighted by Gasteiger charge is -2.27. The van der Waals surface area contributed by atoms with Gasteiger partial charge in [-0.1, -0.05) is 23.7 Å². The number of hydrogen-bond acceptors (Lipinski definition) is 3. The number of ether oxygens (including phenoxy) is 2. The van der Waals surface area contributed by atoms with Crippen LogP contribution >= 0.6 is 11.6 Å². The number of carbonyl (C=O) groups excluding carboxylic acids is 1. The van der Waals surface area contributed by atoms with Crippen molar-refractivity contribution in [3.63, 3.8) is 0 Å². The molecule has 0 aromatic heterocycles. The molecule has 1 atom stereocenters. The monoisotopic (exact) mass is 372 g/mol. The quantitative estimate of drug-likeness (QED) is 0.824. The molecular weight excluding hydrogens is 352 g/mol. The number of amides is 2. The summed E-state index contributed by atoms with van der Waals surface area (Å²) in [4.78, 5) is 14.7. The number of likely N-dealkylation sites (tertiary alicyclic amines) is 1. The summed E-state index contributed by atoms with van der Waals surface area (Å²) in [6.45, 7) is 3.79. The van der Waals surface area contributed by atoms with Crippen molar-refractivity contribution in [2.24, 2.45) is 0 Å². The zero-order valence-electron chi connectivity index (χ0n) is 14.6. The van der Waals surface area contributed by atoms with Crippen LogP contribution in [0.15, 0.2) is 36.4 Å².